The van der Waals surface area contributed by atoms with Gasteiger partial charge in [-0.2, -0.15) is 0 Å². The molecule has 9 nitrogen and oxygen atoms in total. The van der Waals surface area contributed by atoms with Gasteiger partial charge in [0.1, 0.15) is 18.6 Å². The van der Waals surface area contributed by atoms with Gasteiger partial charge in [-0.1, -0.05) is 35.5 Å². The summed E-state index contributed by atoms with van der Waals surface area (Å²) >= 11 is 0. The molecule has 0 fully saturated rings. The Morgan fingerprint density at radius 1 is 1.15 bits per heavy atom. The molecule has 0 aliphatic carbocycles. The zero-order chi connectivity index (χ0) is 18.6. The van der Waals surface area contributed by atoms with Gasteiger partial charge in [0.2, 0.25) is 5.91 Å². The number of amides is 1. The van der Waals surface area contributed by atoms with Gasteiger partial charge in [-0.25, -0.2) is 9.67 Å². The first-order valence-electron chi connectivity index (χ1n) is 8.32. The lowest BCUT2D eigenvalue weighted by atomic mass is 10.2. The van der Waals surface area contributed by atoms with Crippen LogP contribution in [0.25, 0.3) is 11.2 Å². The number of carbonyl (C=O) groups is 1. The van der Waals surface area contributed by atoms with Crippen LogP contribution in [0.3, 0.4) is 0 Å². The number of nitrogens with one attached hydrogen (secondary N) is 1. The van der Waals surface area contributed by atoms with Gasteiger partial charge in [-0.05, 0) is 17.7 Å². The van der Waals surface area contributed by atoms with Crippen molar-refractivity contribution in [3.8, 4) is 0 Å². The normalized spacial score (nSPS) is 11.0. The maximum absolute atomic E-state index is 12.6. The molecule has 136 valence electrons. The van der Waals surface area contributed by atoms with Gasteiger partial charge in [-0.15, -0.1) is 5.10 Å². The Balaban J connectivity index is 1.51. The Morgan fingerprint density at radius 3 is 2.78 bits per heavy atom. The first-order chi connectivity index (χ1) is 13.2. The van der Waals surface area contributed by atoms with E-state index < -0.39 is 5.56 Å². The quantitative estimate of drug-likeness (QED) is 0.546. The van der Waals surface area contributed by atoms with Crippen LogP contribution < -0.4 is 10.9 Å². The number of carbonyl (C=O) groups excluding carboxylic acids is 1. The number of fused-ring (bicyclic) bond motifs is 1. The zero-order valence-corrected chi connectivity index (χ0v) is 14.3. The summed E-state index contributed by atoms with van der Waals surface area (Å²) in [5.41, 5.74) is 1.13. The van der Waals surface area contributed by atoms with Crippen LogP contribution in [0.5, 0.6) is 0 Å². The molecule has 1 N–H and O–H groups in total. The van der Waals surface area contributed by atoms with E-state index in [2.05, 4.69) is 20.6 Å². The van der Waals surface area contributed by atoms with Gasteiger partial charge in [0.05, 0.1) is 19.4 Å². The minimum Gasteiger partial charge on any atom is -0.467 e. The monoisotopic (exact) mass is 364 g/mol. The minimum absolute atomic E-state index is 0.132. The van der Waals surface area contributed by atoms with E-state index >= 15 is 0 Å². The van der Waals surface area contributed by atoms with E-state index in [1.54, 1.807) is 16.8 Å². The van der Waals surface area contributed by atoms with Crippen LogP contribution in [0.2, 0.25) is 0 Å². The number of hydrogen-bond donors (Lipinski definition) is 1. The highest BCUT2D eigenvalue weighted by Crippen LogP contribution is 2.07. The van der Waals surface area contributed by atoms with E-state index in [0.717, 1.165) is 5.56 Å². The zero-order valence-electron chi connectivity index (χ0n) is 14.3. The highest BCUT2D eigenvalue weighted by molar-refractivity contribution is 5.76. The molecule has 4 rings (SSSR count). The lowest BCUT2D eigenvalue weighted by molar-refractivity contribution is -0.122. The Kier molecular flexibility index (Phi) is 4.48. The molecule has 3 aromatic heterocycles. The van der Waals surface area contributed by atoms with E-state index in [-0.39, 0.29) is 24.5 Å². The maximum Gasteiger partial charge on any atom is 0.283 e. The molecule has 0 spiro atoms. The predicted molar refractivity (Wildman–Crippen MR) is 95.7 cm³/mol. The molecule has 1 aromatic carbocycles. The van der Waals surface area contributed by atoms with Crippen LogP contribution in [-0.4, -0.2) is 30.5 Å². The fourth-order valence-electron chi connectivity index (χ4n) is 2.67. The topological polar surface area (TPSA) is 108 Å². The number of hydrogen-bond acceptors (Lipinski definition) is 6. The van der Waals surface area contributed by atoms with Crippen LogP contribution in [0, 0.1) is 0 Å². The first kappa shape index (κ1) is 16.7. The maximum atomic E-state index is 12.6. The second kappa shape index (κ2) is 7.24. The first-order valence-corrected chi connectivity index (χ1v) is 8.32. The summed E-state index contributed by atoms with van der Waals surface area (Å²) in [4.78, 5) is 28.9. The second-order valence-electron chi connectivity index (χ2n) is 5.94. The van der Waals surface area contributed by atoms with E-state index in [1.807, 2.05) is 30.3 Å². The van der Waals surface area contributed by atoms with Gasteiger partial charge in [0, 0.05) is 0 Å². The summed E-state index contributed by atoms with van der Waals surface area (Å²) in [5.74, 6) is 0.305. The summed E-state index contributed by atoms with van der Waals surface area (Å²) in [6.07, 6.45) is 2.87. The summed E-state index contributed by atoms with van der Waals surface area (Å²) in [6.45, 7) is 0.551. The number of benzene rings is 1. The summed E-state index contributed by atoms with van der Waals surface area (Å²) in [5, 5.41) is 10.6. The molecule has 0 radical (unpaired) electrons. The molecular formula is C18H16N6O3. The van der Waals surface area contributed by atoms with Crippen molar-refractivity contribution >= 4 is 17.1 Å². The SMILES string of the molecule is O=C(Cn1cnc2c(nnn2Cc2ccccc2)c1=O)NCc1ccco1. The highest BCUT2D eigenvalue weighted by atomic mass is 16.3. The van der Waals surface area contributed by atoms with Gasteiger partial charge in [0.25, 0.3) is 5.56 Å². The van der Waals surface area contributed by atoms with Crippen LogP contribution >= 0.6 is 0 Å². The van der Waals surface area contributed by atoms with Crippen molar-refractivity contribution in [1.82, 2.24) is 29.9 Å². The van der Waals surface area contributed by atoms with E-state index in [1.165, 1.54) is 17.2 Å². The smallest absolute Gasteiger partial charge is 0.283 e. The number of nitrogens with zero attached hydrogens (tertiary/aromatic N) is 5. The van der Waals surface area contributed by atoms with E-state index in [4.69, 9.17) is 4.42 Å². The molecule has 3 heterocycles. The Bertz CT molecular complexity index is 1120. The van der Waals surface area contributed by atoms with Gasteiger partial charge in [0.15, 0.2) is 11.2 Å². The Morgan fingerprint density at radius 2 is 2.00 bits per heavy atom. The molecule has 27 heavy (non-hydrogen) atoms. The van der Waals surface area contributed by atoms with Crippen LogP contribution in [-0.2, 0) is 24.4 Å². The van der Waals surface area contributed by atoms with Crippen LogP contribution in [0.1, 0.15) is 11.3 Å². The predicted octanol–water partition coefficient (Wildman–Crippen LogP) is 0.946. The second-order valence-corrected chi connectivity index (χ2v) is 5.94. The van der Waals surface area contributed by atoms with Crippen molar-refractivity contribution < 1.29 is 9.21 Å². The highest BCUT2D eigenvalue weighted by Gasteiger charge is 2.14. The molecule has 9 heteroatoms. The molecule has 4 aromatic rings. The third kappa shape index (κ3) is 3.61. The lowest BCUT2D eigenvalue weighted by Crippen LogP contribution is -2.32. The molecule has 0 saturated carbocycles. The summed E-state index contributed by atoms with van der Waals surface area (Å²) in [6, 6.07) is 13.2. The standard InChI is InChI=1S/C18H16N6O3/c25-15(19-9-14-7-4-8-27-14)11-23-12-20-17-16(18(23)26)21-22-24(17)10-13-5-2-1-3-6-13/h1-8,12H,9-11H2,(H,19,25). The number of furan rings is 1. The van der Waals surface area contributed by atoms with E-state index in [9.17, 15) is 9.59 Å². The molecule has 1 amide bonds. The molecule has 0 aliphatic heterocycles. The van der Waals surface area contributed by atoms with Crippen molar-refractivity contribution in [2.24, 2.45) is 0 Å². The number of aromatic nitrogens is 5. The van der Waals surface area contributed by atoms with Gasteiger partial charge < -0.3 is 9.73 Å². The van der Waals surface area contributed by atoms with E-state index in [0.29, 0.717) is 18.0 Å². The number of rotatable bonds is 6. The Labute approximate surface area is 153 Å². The van der Waals surface area contributed by atoms with Gasteiger partial charge >= 0.3 is 0 Å². The molecular weight excluding hydrogens is 348 g/mol. The Hall–Kier alpha value is -3.75. The summed E-state index contributed by atoms with van der Waals surface area (Å²) < 4.78 is 7.92. The molecule has 0 atom stereocenters. The lowest BCUT2D eigenvalue weighted by Gasteiger charge is -2.06. The van der Waals surface area contributed by atoms with Crippen molar-refractivity contribution in [3.05, 3.63) is 76.7 Å². The largest absolute Gasteiger partial charge is 0.467 e. The molecule has 0 bridgehead atoms. The molecule has 0 aliphatic rings. The summed E-state index contributed by atoms with van der Waals surface area (Å²) in [7, 11) is 0. The third-order valence-corrected chi connectivity index (χ3v) is 4.02. The van der Waals surface area contributed by atoms with Crippen molar-refractivity contribution in [1.29, 1.82) is 0 Å². The third-order valence-electron chi connectivity index (χ3n) is 4.02. The van der Waals surface area contributed by atoms with Crippen LogP contribution in [0.4, 0.5) is 0 Å². The van der Waals surface area contributed by atoms with Gasteiger partial charge in [-0.3, -0.25) is 14.2 Å². The molecule has 0 unspecified atom stereocenters. The minimum atomic E-state index is -0.410. The fourth-order valence-corrected chi connectivity index (χ4v) is 2.67. The van der Waals surface area contributed by atoms with Crippen molar-refractivity contribution in [2.75, 3.05) is 0 Å². The average molecular weight is 364 g/mol. The van der Waals surface area contributed by atoms with Crippen molar-refractivity contribution in [3.63, 3.8) is 0 Å². The average Bonchev–Trinajstić information content (AvgIpc) is 3.34. The van der Waals surface area contributed by atoms with Crippen LogP contribution in [0.15, 0.2) is 64.3 Å². The fraction of sp³-hybridized carbons (Fsp3) is 0.167. The molecule has 0 saturated heterocycles. The van der Waals surface area contributed by atoms with Crippen molar-refractivity contribution in [2.45, 2.75) is 19.6 Å².